The molecule has 3 aromatic rings. The van der Waals surface area contributed by atoms with E-state index >= 15 is 0 Å². The summed E-state index contributed by atoms with van der Waals surface area (Å²) in [5.41, 5.74) is 3.22. The lowest BCUT2D eigenvalue weighted by molar-refractivity contribution is 0.415. The van der Waals surface area contributed by atoms with E-state index in [-0.39, 0.29) is 0 Å². The van der Waals surface area contributed by atoms with Gasteiger partial charge in [0.25, 0.3) is 0 Å². The van der Waals surface area contributed by atoms with E-state index in [1.165, 1.54) is 5.56 Å². The first-order valence-corrected chi connectivity index (χ1v) is 8.02. The number of aromatic nitrogens is 2. The third kappa shape index (κ3) is 4.10. The van der Waals surface area contributed by atoms with Crippen molar-refractivity contribution in [2.75, 3.05) is 19.0 Å². The normalized spacial score (nSPS) is 10.4. The van der Waals surface area contributed by atoms with Crippen LogP contribution in [0, 0.1) is 6.92 Å². The molecule has 0 saturated carbocycles. The average Bonchev–Trinajstić information content (AvgIpc) is 2.62. The summed E-state index contributed by atoms with van der Waals surface area (Å²) < 4.78 is 5.29. The summed E-state index contributed by atoms with van der Waals surface area (Å²) in [6, 6.07) is 20.3. The molecule has 4 nitrogen and oxygen atoms in total. The second-order valence-electron chi connectivity index (χ2n) is 5.58. The smallest absolute Gasteiger partial charge is 0.130 e. The fourth-order valence-corrected chi connectivity index (χ4v) is 2.57. The summed E-state index contributed by atoms with van der Waals surface area (Å²) in [7, 11) is 1.67. The van der Waals surface area contributed by atoms with Gasteiger partial charge in [-0.15, -0.1) is 0 Å². The second kappa shape index (κ2) is 7.59. The highest BCUT2D eigenvalue weighted by molar-refractivity contribution is 5.64. The van der Waals surface area contributed by atoms with E-state index < -0.39 is 0 Å². The van der Waals surface area contributed by atoms with Gasteiger partial charge in [0.2, 0.25) is 0 Å². The number of methoxy groups -OCH3 is 1. The predicted molar refractivity (Wildman–Crippen MR) is 97.4 cm³/mol. The highest BCUT2D eigenvalue weighted by atomic mass is 16.5. The molecule has 4 heteroatoms. The van der Waals surface area contributed by atoms with Gasteiger partial charge in [0.15, 0.2) is 0 Å². The van der Waals surface area contributed by atoms with Crippen LogP contribution in [0.2, 0.25) is 0 Å². The molecule has 0 spiro atoms. The zero-order valence-electron chi connectivity index (χ0n) is 14.0. The molecule has 0 unspecified atom stereocenters. The minimum Gasteiger partial charge on any atom is -0.497 e. The van der Waals surface area contributed by atoms with Gasteiger partial charge in [0.1, 0.15) is 17.4 Å². The summed E-state index contributed by atoms with van der Waals surface area (Å²) in [4.78, 5) is 9.02. The SMILES string of the molecule is COc1cccc(-c2cc(NCCc3ccccc3)nc(C)n2)c1. The van der Waals surface area contributed by atoms with Crippen molar-refractivity contribution in [3.05, 3.63) is 72.1 Å². The number of anilines is 1. The quantitative estimate of drug-likeness (QED) is 0.742. The van der Waals surface area contributed by atoms with E-state index in [0.717, 1.165) is 41.6 Å². The largest absolute Gasteiger partial charge is 0.497 e. The molecule has 0 radical (unpaired) electrons. The molecular weight excluding hydrogens is 298 g/mol. The first kappa shape index (κ1) is 16.0. The first-order chi connectivity index (χ1) is 11.7. The number of hydrogen-bond donors (Lipinski definition) is 1. The van der Waals surface area contributed by atoms with Crippen LogP contribution in [0.15, 0.2) is 60.7 Å². The Morgan fingerprint density at radius 1 is 0.958 bits per heavy atom. The van der Waals surface area contributed by atoms with Crippen molar-refractivity contribution in [1.29, 1.82) is 0 Å². The van der Waals surface area contributed by atoms with Crippen LogP contribution in [-0.2, 0) is 6.42 Å². The Hall–Kier alpha value is -2.88. The van der Waals surface area contributed by atoms with Gasteiger partial charge in [-0.05, 0) is 31.0 Å². The van der Waals surface area contributed by atoms with Crippen molar-refractivity contribution in [2.45, 2.75) is 13.3 Å². The van der Waals surface area contributed by atoms with Crippen LogP contribution >= 0.6 is 0 Å². The van der Waals surface area contributed by atoms with E-state index in [1.807, 2.05) is 43.3 Å². The van der Waals surface area contributed by atoms with Crippen LogP contribution in [0.5, 0.6) is 5.75 Å². The van der Waals surface area contributed by atoms with E-state index in [9.17, 15) is 0 Å². The molecule has 1 heterocycles. The van der Waals surface area contributed by atoms with Crippen LogP contribution in [0.3, 0.4) is 0 Å². The molecule has 0 atom stereocenters. The number of benzene rings is 2. The van der Waals surface area contributed by atoms with Crippen molar-refractivity contribution in [1.82, 2.24) is 9.97 Å². The summed E-state index contributed by atoms with van der Waals surface area (Å²) >= 11 is 0. The van der Waals surface area contributed by atoms with Gasteiger partial charge in [-0.25, -0.2) is 9.97 Å². The molecule has 0 aliphatic heterocycles. The molecule has 24 heavy (non-hydrogen) atoms. The van der Waals surface area contributed by atoms with Crippen molar-refractivity contribution in [3.63, 3.8) is 0 Å². The number of ether oxygens (including phenoxy) is 1. The molecule has 0 amide bonds. The van der Waals surface area contributed by atoms with Crippen LogP contribution in [0.1, 0.15) is 11.4 Å². The first-order valence-electron chi connectivity index (χ1n) is 8.02. The average molecular weight is 319 g/mol. The zero-order chi connectivity index (χ0) is 16.8. The summed E-state index contributed by atoms with van der Waals surface area (Å²) in [6.45, 7) is 2.74. The zero-order valence-corrected chi connectivity index (χ0v) is 14.0. The number of nitrogens with one attached hydrogen (secondary N) is 1. The van der Waals surface area contributed by atoms with Crippen molar-refractivity contribution in [3.8, 4) is 17.0 Å². The van der Waals surface area contributed by atoms with Crippen molar-refractivity contribution in [2.24, 2.45) is 0 Å². The third-order valence-electron chi connectivity index (χ3n) is 3.77. The number of nitrogens with zero attached hydrogens (tertiary/aromatic N) is 2. The fraction of sp³-hybridized carbons (Fsp3) is 0.200. The van der Waals surface area contributed by atoms with Crippen LogP contribution in [0.25, 0.3) is 11.3 Å². The van der Waals surface area contributed by atoms with Gasteiger partial charge in [-0.3, -0.25) is 0 Å². The molecule has 1 N–H and O–H groups in total. The Morgan fingerprint density at radius 3 is 2.58 bits per heavy atom. The summed E-state index contributed by atoms with van der Waals surface area (Å²) in [5.74, 6) is 2.41. The van der Waals surface area contributed by atoms with Gasteiger partial charge in [0.05, 0.1) is 12.8 Å². The maximum atomic E-state index is 5.29. The summed E-state index contributed by atoms with van der Waals surface area (Å²) in [5, 5.41) is 3.39. The van der Waals surface area contributed by atoms with Crippen molar-refractivity contribution >= 4 is 5.82 Å². The Kier molecular flexibility index (Phi) is 5.06. The molecule has 0 aliphatic rings. The minimum absolute atomic E-state index is 0.748. The molecule has 1 aromatic heterocycles. The molecule has 122 valence electrons. The fourth-order valence-electron chi connectivity index (χ4n) is 2.57. The van der Waals surface area contributed by atoms with Gasteiger partial charge in [0, 0.05) is 18.2 Å². The van der Waals surface area contributed by atoms with Crippen LogP contribution in [-0.4, -0.2) is 23.6 Å². The van der Waals surface area contributed by atoms with Gasteiger partial charge in [-0.2, -0.15) is 0 Å². The van der Waals surface area contributed by atoms with Crippen LogP contribution in [0.4, 0.5) is 5.82 Å². The maximum absolute atomic E-state index is 5.29. The van der Waals surface area contributed by atoms with E-state index in [1.54, 1.807) is 7.11 Å². The van der Waals surface area contributed by atoms with E-state index in [0.29, 0.717) is 0 Å². The number of rotatable bonds is 6. The predicted octanol–water partition coefficient (Wildman–Crippen LogP) is 4.12. The highest BCUT2D eigenvalue weighted by Crippen LogP contribution is 2.23. The second-order valence-corrected chi connectivity index (χ2v) is 5.58. The Labute approximate surface area is 142 Å². The maximum Gasteiger partial charge on any atom is 0.130 e. The molecule has 0 bridgehead atoms. The Balaban J connectivity index is 1.73. The molecule has 2 aromatic carbocycles. The minimum atomic E-state index is 0.748. The molecule has 0 aliphatic carbocycles. The lowest BCUT2D eigenvalue weighted by Gasteiger charge is -2.09. The topological polar surface area (TPSA) is 47.0 Å². The van der Waals surface area contributed by atoms with E-state index in [4.69, 9.17) is 4.74 Å². The number of aryl methyl sites for hydroxylation is 1. The number of hydrogen-bond acceptors (Lipinski definition) is 4. The molecular formula is C20H21N3O. The summed E-state index contributed by atoms with van der Waals surface area (Å²) in [6.07, 6.45) is 0.957. The van der Waals surface area contributed by atoms with Crippen molar-refractivity contribution < 1.29 is 4.74 Å². The Bertz CT molecular complexity index is 803. The van der Waals surface area contributed by atoms with Crippen LogP contribution < -0.4 is 10.1 Å². The standard InChI is InChI=1S/C20H21N3O/c1-15-22-19(17-9-6-10-18(13-17)24-2)14-20(23-15)21-12-11-16-7-4-3-5-8-16/h3-10,13-14H,11-12H2,1-2H3,(H,21,22,23). The third-order valence-corrected chi connectivity index (χ3v) is 3.77. The lowest BCUT2D eigenvalue weighted by atomic mass is 10.1. The molecule has 3 rings (SSSR count). The van der Waals surface area contributed by atoms with Gasteiger partial charge < -0.3 is 10.1 Å². The van der Waals surface area contributed by atoms with E-state index in [2.05, 4.69) is 39.6 Å². The lowest BCUT2D eigenvalue weighted by Crippen LogP contribution is -2.07. The molecule has 0 saturated heterocycles. The van der Waals surface area contributed by atoms with Gasteiger partial charge in [-0.1, -0.05) is 42.5 Å². The molecule has 0 fully saturated rings. The highest BCUT2D eigenvalue weighted by Gasteiger charge is 2.05. The monoisotopic (exact) mass is 319 g/mol. The Morgan fingerprint density at radius 2 is 1.79 bits per heavy atom. The van der Waals surface area contributed by atoms with Gasteiger partial charge >= 0.3 is 0 Å².